The highest BCUT2D eigenvalue weighted by Gasteiger charge is 2.27. The summed E-state index contributed by atoms with van der Waals surface area (Å²) < 4.78 is 27.6. The van der Waals surface area contributed by atoms with Gasteiger partial charge in [-0.25, -0.2) is 8.42 Å². The van der Waals surface area contributed by atoms with Gasteiger partial charge in [-0.1, -0.05) is 48.5 Å². The minimum absolute atomic E-state index is 0.00172. The van der Waals surface area contributed by atoms with Gasteiger partial charge in [0.2, 0.25) is 5.91 Å². The predicted octanol–water partition coefficient (Wildman–Crippen LogP) is 4.58. The summed E-state index contributed by atoms with van der Waals surface area (Å²) in [7, 11) is -4.11. The Labute approximate surface area is 190 Å². The van der Waals surface area contributed by atoms with E-state index in [0.717, 1.165) is 15.1 Å². The van der Waals surface area contributed by atoms with Crippen LogP contribution in [0.5, 0.6) is 0 Å². The molecule has 0 bridgehead atoms. The number of fused-ring (bicyclic) bond motifs is 1. The summed E-state index contributed by atoms with van der Waals surface area (Å²) in [5, 5.41) is 15.7. The Morgan fingerprint density at radius 3 is 2.15 bits per heavy atom. The van der Waals surface area contributed by atoms with Crippen LogP contribution < -0.4 is 9.62 Å². The topological polar surface area (TPSA) is 110 Å². The lowest BCUT2D eigenvalue weighted by molar-refractivity contribution is -0.384. The van der Waals surface area contributed by atoms with Crippen LogP contribution in [0.3, 0.4) is 0 Å². The molecule has 0 heterocycles. The van der Waals surface area contributed by atoms with Crippen LogP contribution in [0, 0.1) is 10.1 Å². The van der Waals surface area contributed by atoms with Gasteiger partial charge in [-0.2, -0.15) is 0 Å². The van der Waals surface area contributed by atoms with Gasteiger partial charge < -0.3 is 5.32 Å². The summed E-state index contributed by atoms with van der Waals surface area (Å²) in [6.07, 6.45) is 0. The Hall–Kier alpha value is -4.24. The van der Waals surface area contributed by atoms with Crippen molar-refractivity contribution in [2.45, 2.75) is 4.90 Å². The third-order valence-electron chi connectivity index (χ3n) is 5.00. The lowest BCUT2D eigenvalue weighted by Gasteiger charge is -2.24. The fraction of sp³-hybridized carbons (Fsp3) is 0.0417. The number of anilines is 2. The van der Waals surface area contributed by atoms with E-state index in [1.165, 1.54) is 36.4 Å². The van der Waals surface area contributed by atoms with Crippen LogP contribution in [0.25, 0.3) is 10.8 Å². The Morgan fingerprint density at radius 1 is 0.848 bits per heavy atom. The first kappa shape index (κ1) is 22.0. The first-order chi connectivity index (χ1) is 15.8. The fourth-order valence-electron chi connectivity index (χ4n) is 3.37. The number of nitrogens with one attached hydrogen (secondary N) is 1. The van der Waals surface area contributed by atoms with Crippen molar-refractivity contribution in [3.05, 3.63) is 107 Å². The maximum atomic E-state index is 13.3. The highest BCUT2D eigenvalue weighted by molar-refractivity contribution is 7.92. The third-order valence-corrected chi connectivity index (χ3v) is 6.79. The molecule has 0 spiro atoms. The van der Waals surface area contributed by atoms with Crippen molar-refractivity contribution in [1.82, 2.24) is 0 Å². The number of hydrogen-bond donors (Lipinski definition) is 1. The predicted molar refractivity (Wildman–Crippen MR) is 127 cm³/mol. The first-order valence-electron chi connectivity index (χ1n) is 9.95. The number of non-ortho nitro benzene ring substituents is 1. The fourth-order valence-corrected chi connectivity index (χ4v) is 4.82. The number of nitro benzene ring substituents is 1. The van der Waals surface area contributed by atoms with Gasteiger partial charge in [0, 0.05) is 17.8 Å². The molecule has 0 fully saturated rings. The van der Waals surface area contributed by atoms with Crippen molar-refractivity contribution in [3.63, 3.8) is 0 Å². The number of hydrogen-bond acceptors (Lipinski definition) is 5. The number of sulfonamides is 1. The number of benzene rings is 4. The molecule has 4 aromatic carbocycles. The molecule has 33 heavy (non-hydrogen) atoms. The molecular formula is C24H19N3O5S. The number of nitrogens with zero attached hydrogens (tertiary/aromatic N) is 2. The van der Waals surface area contributed by atoms with Crippen LogP contribution in [-0.2, 0) is 14.8 Å². The molecule has 0 aliphatic carbocycles. The molecule has 8 nitrogen and oxygen atoms in total. The largest absolute Gasteiger partial charge is 0.324 e. The third kappa shape index (κ3) is 4.83. The molecule has 4 rings (SSSR count). The molecule has 0 saturated heterocycles. The molecule has 0 atom stereocenters. The molecule has 0 aliphatic heterocycles. The molecule has 9 heteroatoms. The number of carbonyl (C=O) groups excluding carboxylic acids is 1. The Morgan fingerprint density at radius 2 is 1.48 bits per heavy atom. The zero-order chi connectivity index (χ0) is 23.4. The van der Waals surface area contributed by atoms with E-state index in [0.29, 0.717) is 5.69 Å². The van der Waals surface area contributed by atoms with Crippen molar-refractivity contribution in [1.29, 1.82) is 0 Å². The van der Waals surface area contributed by atoms with Crippen molar-refractivity contribution < 1.29 is 18.1 Å². The number of carbonyl (C=O) groups is 1. The highest BCUT2D eigenvalue weighted by atomic mass is 32.2. The Balaban J connectivity index is 1.65. The minimum atomic E-state index is -4.11. The lowest BCUT2D eigenvalue weighted by atomic mass is 10.1. The monoisotopic (exact) mass is 461 g/mol. The van der Waals surface area contributed by atoms with Gasteiger partial charge in [0.1, 0.15) is 6.54 Å². The molecule has 0 aromatic heterocycles. The summed E-state index contributed by atoms with van der Waals surface area (Å²) in [6, 6.07) is 25.8. The van der Waals surface area contributed by atoms with Crippen LogP contribution in [0.4, 0.5) is 17.1 Å². The molecule has 1 amide bonds. The van der Waals surface area contributed by atoms with E-state index in [1.807, 2.05) is 30.3 Å². The van der Waals surface area contributed by atoms with Gasteiger partial charge in [0.15, 0.2) is 0 Å². The number of amides is 1. The van der Waals surface area contributed by atoms with Gasteiger partial charge in [0.25, 0.3) is 15.7 Å². The lowest BCUT2D eigenvalue weighted by Crippen LogP contribution is -2.38. The van der Waals surface area contributed by atoms with Crippen LogP contribution in [-0.4, -0.2) is 25.8 Å². The zero-order valence-electron chi connectivity index (χ0n) is 17.3. The normalized spacial score (nSPS) is 11.2. The maximum absolute atomic E-state index is 13.3. The summed E-state index contributed by atoms with van der Waals surface area (Å²) in [5.74, 6) is -0.553. The smallest absolute Gasteiger partial charge is 0.269 e. The standard InChI is InChI=1S/C24H19N3O5S/c28-24(25-20-11-10-18-6-4-5-7-19(18)16-20)17-26(21-12-14-22(15-13-21)27(29)30)33(31,32)23-8-2-1-3-9-23/h1-16H,17H2,(H,25,28). The molecular weight excluding hydrogens is 442 g/mol. The van der Waals surface area contributed by atoms with E-state index < -0.39 is 27.4 Å². The van der Waals surface area contributed by atoms with E-state index >= 15 is 0 Å². The van der Waals surface area contributed by atoms with E-state index in [9.17, 15) is 23.3 Å². The SMILES string of the molecule is O=C(CN(c1ccc([N+](=O)[O-])cc1)S(=O)(=O)c1ccccc1)Nc1ccc2ccccc2c1. The van der Waals surface area contributed by atoms with Crippen LogP contribution >= 0.6 is 0 Å². The average molecular weight is 461 g/mol. The van der Waals surface area contributed by atoms with Crippen molar-refractivity contribution in [3.8, 4) is 0 Å². The Kier molecular flexibility index (Phi) is 6.05. The van der Waals surface area contributed by atoms with Gasteiger partial charge in [-0.3, -0.25) is 19.2 Å². The molecule has 0 saturated carbocycles. The van der Waals surface area contributed by atoms with Crippen LogP contribution in [0.2, 0.25) is 0 Å². The van der Waals surface area contributed by atoms with Gasteiger partial charge in [-0.15, -0.1) is 0 Å². The molecule has 1 N–H and O–H groups in total. The van der Waals surface area contributed by atoms with Gasteiger partial charge in [-0.05, 0) is 47.2 Å². The first-order valence-corrected chi connectivity index (χ1v) is 11.4. The summed E-state index contributed by atoms with van der Waals surface area (Å²) >= 11 is 0. The van der Waals surface area contributed by atoms with E-state index in [1.54, 1.807) is 30.3 Å². The Bertz CT molecular complexity index is 1420. The molecule has 0 unspecified atom stereocenters. The van der Waals surface area contributed by atoms with Gasteiger partial charge >= 0.3 is 0 Å². The summed E-state index contributed by atoms with van der Waals surface area (Å²) in [4.78, 5) is 23.3. The zero-order valence-corrected chi connectivity index (χ0v) is 18.1. The van der Waals surface area contributed by atoms with Crippen molar-refractivity contribution >= 4 is 43.8 Å². The summed E-state index contributed by atoms with van der Waals surface area (Å²) in [5.41, 5.74) is 0.481. The second-order valence-corrected chi connectivity index (χ2v) is 9.07. The van der Waals surface area contributed by atoms with Crippen LogP contribution in [0.1, 0.15) is 0 Å². The molecule has 166 valence electrons. The number of rotatable bonds is 7. The van der Waals surface area contributed by atoms with Gasteiger partial charge in [0.05, 0.1) is 15.5 Å². The van der Waals surface area contributed by atoms with Crippen molar-refractivity contribution in [2.24, 2.45) is 0 Å². The summed E-state index contributed by atoms with van der Waals surface area (Å²) in [6.45, 7) is -0.512. The molecule has 0 radical (unpaired) electrons. The average Bonchev–Trinajstić information content (AvgIpc) is 2.83. The minimum Gasteiger partial charge on any atom is -0.324 e. The number of nitro groups is 1. The maximum Gasteiger partial charge on any atom is 0.269 e. The highest BCUT2D eigenvalue weighted by Crippen LogP contribution is 2.26. The van der Waals surface area contributed by atoms with E-state index in [4.69, 9.17) is 0 Å². The van der Waals surface area contributed by atoms with Crippen LogP contribution in [0.15, 0.2) is 102 Å². The second-order valence-electron chi connectivity index (χ2n) is 7.21. The van der Waals surface area contributed by atoms with E-state index in [2.05, 4.69) is 5.32 Å². The molecule has 0 aliphatic rings. The second kappa shape index (κ2) is 9.09. The van der Waals surface area contributed by atoms with Crippen molar-refractivity contribution in [2.75, 3.05) is 16.2 Å². The quantitative estimate of drug-likeness (QED) is 0.320. The van der Waals surface area contributed by atoms with E-state index in [-0.39, 0.29) is 16.3 Å². The molecule has 4 aromatic rings.